The van der Waals surface area contributed by atoms with Gasteiger partial charge in [0.2, 0.25) is 15.9 Å². The van der Waals surface area contributed by atoms with E-state index in [-0.39, 0.29) is 22.9 Å². The van der Waals surface area contributed by atoms with E-state index in [0.29, 0.717) is 15.9 Å². The molecule has 9 nitrogen and oxygen atoms in total. The third-order valence-electron chi connectivity index (χ3n) is 4.31. The van der Waals surface area contributed by atoms with Gasteiger partial charge in [0.05, 0.1) is 24.3 Å². The van der Waals surface area contributed by atoms with Crippen molar-refractivity contribution in [2.75, 3.05) is 26.5 Å². The Morgan fingerprint density at radius 2 is 1.97 bits per heavy atom. The first-order valence-corrected chi connectivity index (χ1v) is 10.5. The summed E-state index contributed by atoms with van der Waals surface area (Å²) < 4.78 is 32.3. The summed E-state index contributed by atoms with van der Waals surface area (Å²) in [4.78, 5) is 29.1. The van der Waals surface area contributed by atoms with Gasteiger partial charge in [-0.2, -0.15) is 0 Å². The highest BCUT2D eigenvalue weighted by Gasteiger charge is 2.23. The van der Waals surface area contributed by atoms with Crippen LogP contribution in [-0.2, 0) is 21.4 Å². The number of nitrogens with one attached hydrogen (secondary N) is 1. The van der Waals surface area contributed by atoms with Crippen LogP contribution in [0.2, 0.25) is 5.02 Å². The predicted octanol–water partition coefficient (Wildman–Crippen LogP) is 1.95. The second kappa shape index (κ2) is 8.42. The first kappa shape index (κ1) is 21.8. The van der Waals surface area contributed by atoms with E-state index in [2.05, 4.69) is 10.3 Å². The number of hydrogen-bond donors (Lipinski definition) is 1. The lowest BCUT2D eigenvalue weighted by Gasteiger charge is -2.16. The van der Waals surface area contributed by atoms with Gasteiger partial charge in [-0.15, -0.1) is 0 Å². The van der Waals surface area contributed by atoms with Gasteiger partial charge in [0.25, 0.3) is 5.56 Å². The Morgan fingerprint density at radius 1 is 1.23 bits per heavy atom. The average Bonchev–Trinajstić information content (AvgIpc) is 2.70. The van der Waals surface area contributed by atoms with Crippen molar-refractivity contribution in [3.05, 3.63) is 58.1 Å². The number of halogens is 1. The van der Waals surface area contributed by atoms with Gasteiger partial charge in [-0.25, -0.2) is 17.7 Å². The van der Waals surface area contributed by atoms with Crippen molar-refractivity contribution >= 4 is 44.1 Å². The molecule has 1 heterocycles. The SMILES string of the molecule is COc1ccc(NC(=O)Cn2cnc3ccc(Cl)cc3c2=O)cc1S(=O)(=O)N(C)C. The Hall–Kier alpha value is -2.95. The number of hydrogen-bond acceptors (Lipinski definition) is 6. The van der Waals surface area contributed by atoms with Crippen LogP contribution in [0.15, 0.2) is 52.4 Å². The second-order valence-electron chi connectivity index (χ2n) is 6.54. The van der Waals surface area contributed by atoms with Crippen molar-refractivity contribution in [3.8, 4) is 5.75 Å². The van der Waals surface area contributed by atoms with Gasteiger partial charge >= 0.3 is 0 Å². The van der Waals surface area contributed by atoms with Gasteiger partial charge in [0, 0.05) is 24.8 Å². The van der Waals surface area contributed by atoms with Crippen LogP contribution in [0.1, 0.15) is 0 Å². The Balaban J connectivity index is 1.88. The molecule has 11 heteroatoms. The lowest BCUT2D eigenvalue weighted by atomic mass is 10.2. The highest BCUT2D eigenvalue weighted by molar-refractivity contribution is 7.89. The molecule has 1 aromatic heterocycles. The van der Waals surface area contributed by atoms with Crippen LogP contribution in [0.3, 0.4) is 0 Å². The van der Waals surface area contributed by atoms with Crippen molar-refractivity contribution in [2.24, 2.45) is 0 Å². The van der Waals surface area contributed by atoms with E-state index in [4.69, 9.17) is 16.3 Å². The largest absolute Gasteiger partial charge is 0.495 e. The van der Waals surface area contributed by atoms with Gasteiger partial charge in [0.15, 0.2) is 0 Å². The summed E-state index contributed by atoms with van der Waals surface area (Å²) in [7, 11) is 0.351. The molecule has 1 N–H and O–H groups in total. The molecule has 158 valence electrons. The topological polar surface area (TPSA) is 111 Å². The number of nitrogens with zero attached hydrogens (tertiary/aromatic N) is 3. The smallest absolute Gasteiger partial charge is 0.261 e. The first-order chi connectivity index (χ1) is 14.1. The first-order valence-electron chi connectivity index (χ1n) is 8.68. The maximum absolute atomic E-state index is 12.6. The maximum Gasteiger partial charge on any atom is 0.261 e. The molecule has 0 saturated carbocycles. The van der Waals surface area contributed by atoms with Crippen LogP contribution in [-0.4, -0.2) is 49.4 Å². The number of benzene rings is 2. The minimum Gasteiger partial charge on any atom is -0.495 e. The lowest BCUT2D eigenvalue weighted by Crippen LogP contribution is -2.28. The Labute approximate surface area is 177 Å². The number of ether oxygens (including phenoxy) is 1. The van der Waals surface area contributed by atoms with Gasteiger partial charge < -0.3 is 10.1 Å². The van der Waals surface area contributed by atoms with Gasteiger partial charge in [-0.1, -0.05) is 11.6 Å². The summed E-state index contributed by atoms with van der Waals surface area (Å²) in [5, 5.41) is 3.27. The van der Waals surface area contributed by atoms with Crippen LogP contribution in [0.25, 0.3) is 10.9 Å². The van der Waals surface area contributed by atoms with Crippen LogP contribution in [0, 0.1) is 0 Å². The highest BCUT2D eigenvalue weighted by atomic mass is 35.5. The molecule has 0 atom stereocenters. The number of rotatable bonds is 6. The fourth-order valence-electron chi connectivity index (χ4n) is 2.75. The zero-order valence-corrected chi connectivity index (χ0v) is 18.0. The third-order valence-corrected chi connectivity index (χ3v) is 6.38. The molecule has 0 saturated heterocycles. The number of anilines is 1. The van der Waals surface area contributed by atoms with Gasteiger partial charge in [-0.05, 0) is 36.4 Å². The van der Waals surface area contributed by atoms with E-state index in [1.165, 1.54) is 51.8 Å². The van der Waals surface area contributed by atoms with E-state index >= 15 is 0 Å². The monoisotopic (exact) mass is 450 g/mol. The minimum atomic E-state index is -3.79. The fraction of sp³-hybridized carbons (Fsp3) is 0.211. The number of sulfonamides is 1. The summed E-state index contributed by atoms with van der Waals surface area (Å²) in [5.41, 5.74) is 0.295. The second-order valence-corrected chi connectivity index (χ2v) is 9.10. The molecule has 3 rings (SSSR count). The Kier molecular flexibility index (Phi) is 6.11. The van der Waals surface area contributed by atoms with Crippen molar-refractivity contribution in [2.45, 2.75) is 11.4 Å². The highest BCUT2D eigenvalue weighted by Crippen LogP contribution is 2.28. The Bertz CT molecular complexity index is 1290. The molecule has 1 amide bonds. The fourth-order valence-corrected chi connectivity index (χ4v) is 4.00. The molecule has 2 aromatic carbocycles. The summed E-state index contributed by atoms with van der Waals surface area (Å²) in [5.74, 6) is -0.382. The normalized spacial score (nSPS) is 11.6. The maximum atomic E-state index is 12.6. The summed E-state index contributed by atoms with van der Waals surface area (Å²) in [6.45, 7) is -0.309. The molecule has 0 aliphatic heterocycles. The lowest BCUT2D eigenvalue weighted by molar-refractivity contribution is -0.116. The van der Waals surface area contributed by atoms with Crippen molar-refractivity contribution in [1.82, 2.24) is 13.9 Å². The molecular formula is C19H19ClN4O5S. The Morgan fingerprint density at radius 3 is 2.63 bits per heavy atom. The molecule has 0 radical (unpaired) electrons. The summed E-state index contributed by atoms with van der Waals surface area (Å²) in [6, 6.07) is 8.98. The number of amides is 1. The van der Waals surface area contributed by atoms with E-state index in [1.54, 1.807) is 12.1 Å². The molecular weight excluding hydrogens is 432 g/mol. The molecule has 0 aliphatic carbocycles. The van der Waals surface area contributed by atoms with E-state index in [9.17, 15) is 18.0 Å². The number of carbonyl (C=O) groups is 1. The summed E-state index contributed by atoms with van der Waals surface area (Å²) >= 11 is 5.94. The van der Waals surface area contributed by atoms with E-state index < -0.39 is 21.5 Å². The molecule has 0 fully saturated rings. The zero-order chi connectivity index (χ0) is 22.1. The molecule has 0 bridgehead atoms. The third kappa shape index (κ3) is 4.30. The van der Waals surface area contributed by atoms with Crippen LogP contribution in [0.5, 0.6) is 5.75 Å². The van der Waals surface area contributed by atoms with E-state index in [1.807, 2.05) is 0 Å². The minimum absolute atomic E-state index is 0.0908. The van der Waals surface area contributed by atoms with Crippen molar-refractivity contribution in [3.63, 3.8) is 0 Å². The number of carbonyl (C=O) groups excluding carboxylic acids is 1. The molecule has 0 aliphatic rings. The quantitative estimate of drug-likeness (QED) is 0.614. The van der Waals surface area contributed by atoms with Crippen molar-refractivity contribution in [1.29, 1.82) is 0 Å². The molecule has 0 unspecified atom stereocenters. The zero-order valence-electron chi connectivity index (χ0n) is 16.4. The predicted molar refractivity (Wildman–Crippen MR) is 114 cm³/mol. The number of aromatic nitrogens is 2. The summed E-state index contributed by atoms with van der Waals surface area (Å²) in [6.07, 6.45) is 1.27. The van der Waals surface area contributed by atoms with Crippen LogP contribution < -0.4 is 15.6 Å². The number of fused-ring (bicyclic) bond motifs is 1. The molecule has 3 aromatic rings. The average molecular weight is 451 g/mol. The van der Waals surface area contributed by atoms with Gasteiger partial charge in [-0.3, -0.25) is 14.2 Å². The molecule has 30 heavy (non-hydrogen) atoms. The van der Waals surface area contributed by atoms with Gasteiger partial charge in [0.1, 0.15) is 17.2 Å². The van der Waals surface area contributed by atoms with E-state index in [0.717, 1.165) is 8.87 Å². The van der Waals surface area contributed by atoms with Crippen molar-refractivity contribution < 1.29 is 17.9 Å². The van der Waals surface area contributed by atoms with Crippen LogP contribution >= 0.6 is 11.6 Å². The van der Waals surface area contributed by atoms with Crippen LogP contribution in [0.4, 0.5) is 5.69 Å². The number of methoxy groups -OCH3 is 1. The standard InChI is InChI=1S/C19H19ClN4O5S/c1-23(2)30(27,28)17-9-13(5-7-16(17)29-3)22-18(25)10-24-11-21-15-6-4-12(20)8-14(15)19(24)26/h4-9,11H,10H2,1-3H3,(H,22,25). The molecule has 0 spiro atoms.